The maximum Gasteiger partial charge on any atom is 0.266 e. The molecule has 0 atom stereocenters. The molecule has 2 aromatic heterocycles. The molecular weight excluding hydrogens is 386 g/mol. The molecular formula is C26H21N3O2. The monoisotopic (exact) mass is 407 g/mol. The molecule has 152 valence electrons. The molecule has 0 aliphatic heterocycles. The maximum absolute atomic E-state index is 13.4. The third kappa shape index (κ3) is 3.40. The van der Waals surface area contributed by atoms with Gasteiger partial charge in [0.05, 0.1) is 23.7 Å². The molecule has 31 heavy (non-hydrogen) atoms. The molecule has 5 aromatic rings. The van der Waals surface area contributed by atoms with Crippen LogP contribution >= 0.6 is 0 Å². The molecule has 5 rings (SSSR count). The summed E-state index contributed by atoms with van der Waals surface area (Å²) in [5.41, 5.74) is 4.47. The predicted molar refractivity (Wildman–Crippen MR) is 126 cm³/mol. The third-order valence-electron chi connectivity index (χ3n) is 5.39. The number of nitrogens with one attached hydrogen (secondary N) is 1. The van der Waals surface area contributed by atoms with Crippen molar-refractivity contribution in [2.24, 2.45) is 0 Å². The molecule has 0 amide bonds. The molecule has 0 spiro atoms. The molecule has 0 aliphatic rings. The number of methoxy groups -OCH3 is 1. The fraction of sp³-hybridized carbons (Fsp3) is 0.0769. The van der Waals surface area contributed by atoms with E-state index in [9.17, 15) is 4.79 Å². The van der Waals surface area contributed by atoms with Crippen molar-refractivity contribution in [2.75, 3.05) is 7.11 Å². The molecule has 5 nitrogen and oxygen atoms in total. The maximum atomic E-state index is 13.4. The minimum Gasteiger partial charge on any atom is -0.497 e. The van der Waals surface area contributed by atoms with E-state index in [1.165, 1.54) is 0 Å². The molecule has 0 bridgehead atoms. The Kier molecular flexibility index (Phi) is 4.64. The number of aryl methyl sites for hydroxylation is 1. The zero-order valence-electron chi connectivity index (χ0n) is 17.3. The van der Waals surface area contributed by atoms with Crippen molar-refractivity contribution in [3.8, 4) is 11.4 Å². The quantitative estimate of drug-likeness (QED) is 0.437. The number of benzene rings is 3. The van der Waals surface area contributed by atoms with Gasteiger partial charge in [0.2, 0.25) is 0 Å². The normalized spacial score (nSPS) is 11.5. The molecule has 0 unspecified atom stereocenters. The lowest BCUT2D eigenvalue weighted by atomic mass is 10.1. The first-order valence-corrected chi connectivity index (χ1v) is 10.1. The van der Waals surface area contributed by atoms with Gasteiger partial charge in [0.1, 0.15) is 11.6 Å². The number of aromatic nitrogens is 3. The van der Waals surface area contributed by atoms with Crippen LogP contribution < -0.4 is 10.3 Å². The second-order valence-electron chi connectivity index (χ2n) is 7.46. The largest absolute Gasteiger partial charge is 0.497 e. The van der Waals surface area contributed by atoms with E-state index in [4.69, 9.17) is 9.72 Å². The molecule has 0 saturated carbocycles. The van der Waals surface area contributed by atoms with Gasteiger partial charge in [0.25, 0.3) is 5.56 Å². The summed E-state index contributed by atoms with van der Waals surface area (Å²) in [6.45, 7) is 2.01. The molecule has 0 aliphatic carbocycles. The van der Waals surface area contributed by atoms with Crippen molar-refractivity contribution < 1.29 is 4.74 Å². The van der Waals surface area contributed by atoms with E-state index >= 15 is 0 Å². The summed E-state index contributed by atoms with van der Waals surface area (Å²) in [5.74, 6) is 1.37. The van der Waals surface area contributed by atoms with E-state index in [1.54, 1.807) is 11.7 Å². The predicted octanol–water partition coefficient (Wildman–Crippen LogP) is 5.35. The van der Waals surface area contributed by atoms with Gasteiger partial charge in [-0.1, -0.05) is 24.3 Å². The molecule has 3 aromatic carbocycles. The number of fused-ring (bicyclic) bond motifs is 2. The highest BCUT2D eigenvalue weighted by Gasteiger charge is 2.11. The molecule has 5 heteroatoms. The second kappa shape index (κ2) is 7.61. The standard InChI is InChI=1S/C26H21N3O2/c1-17-6-5-7-19(14-17)29-25(28-24-9-4-3-8-21(24)26(29)30)13-10-18-16-27-23-12-11-20(31-2)15-22(18)23/h3-16,27H,1-2H3. The van der Waals surface area contributed by atoms with E-state index in [1.807, 2.05) is 92.0 Å². The van der Waals surface area contributed by atoms with Crippen molar-refractivity contribution >= 4 is 34.0 Å². The van der Waals surface area contributed by atoms with Crippen LogP contribution in [0.1, 0.15) is 17.0 Å². The average molecular weight is 407 g/mol. The van der Waals surface area contributed by atoms with Gasteiger partial charge in [0, 0.05) is 22.7 Å². The summed E-state index contributed by atoms with van der Waals surface area (Å²) >= 11 is 0. The van der Waals surface area contributed by atoms with Crippen molar-refractivity contribution in [2.45, 2.75) is 6.92 Å². The number of nitrogens with zero attached hydrogens (tertiary/aromatic N) is 2. The van der Waals surface area contributed by atoms with E-state index in [0.717, 1.165) is 33.5 Å². The van der Waals surface area contributed by atoms with Gasteiger partial charge >= 0.3 is 0 Å². The summed E-state index contributed by atoms with van der Waals surface area (Å²) in [6, 6.07) is 21.2. The number of rotatable bonds is 4. The van der Waals surface area contributed by atoms with Gasteiger partial charge in [-0.25, -0.2) is 4.98 Å². The Morgan fingerprint density at radius 1 is 0.968 bits per heavy atom. The van der Waals surface area contributed by atoms with Crippen molar-refractivity contribution in [1.29, 1.82) is 0 Å². The summed E-state index contributed by atoms with van der Waals surface area (Å²) in [7, 11) is 1.66. The second-order valence-corrected chi connectivity index (χ2v) is 7.46. The molecule has 0 saturated heterocycles. The van der Waals surface area contributed by atoms with Crippen LogP contribution in [0.15, 0.2) is 77.7 Å². The highest BCUT2D eigenvalue weighted by Crippen LogP contribution is 2.25. The van der Waals surface area contributed by atoms with Crippen molar-refractivity contribution in [1.82, 2.24) is 14.5 Å². The van der Waals surface area contributed by atoms with E-state index in [0.29, 0.717) is 16.7 Å². The third-order valence-corrected chi connectivity index (χ3v) is 5.39. The minimum absolute atomic E-state index is 0.0866. The van der Waals surface area contributed by atoms with Crippen LogP contribution in [0.4, 0.5) is 0 Å². The van der Waals surface area contributed by atoms with Crippen LogP contribution in [0.25, 0.3) is 39.6 Å². The fourth-order valence-corrected chi connectivity index (χ4v) is 3.83. The number of hydrogen-bond donors (Lipinski definition) is 1. The van der Waals surface area contributed by atoms with Crippen LogP contribution in [0.5, 0.6) is 5.75 Å². The molecule has 2 heterocycles. The number of ether oxygens (including phenoxy) is 1. The van der Waals surface area contributed by atoms with E-state index in [2.05, 4.69) is 4.98 Å². The Morgan fingerprint density at radius 3 is 2.68 bits per heavy atom. The number of aromatic amines is 1. The van der Waals surface area contributed by atoms with E-state index in [-0.39, 0.29) is 5.56 Å². The summed E-state index contributed by atoms with van der Waals surface area (Å²) in [4.78, 5) is 21.5. The van der Waals surface area contributed by atoms with Gasteiger partial charge in [-0.05, 0) is 67.1 Å². The summed E-state index contributed by atoms with van der Waals surface area (Å²) < 4.78 is 7.03. The topological polar surface area (TPSA) is 59.9 Å². The highest BCUT2D eigenvalue weighted by molar-refractivity contribution is 5.92. The molecule has 1 N–H and O–H groups in total. The van der Waals surface area contributed by atoms with Gasteiger partial charge in [-0.15, -0.1) is 0 Å². The van der Waals surface area contributed by atoms with E-state index < -0.39 is 0 Å². The van der Waals surface area contributed by atoms with Crippen LogP contribution in [-0.2, 0) is 0 Å². The average Bonchev–Trinajstić information content (AvgIpc) is 3.20. The van der Waals surface area contributed by atoms with Gasteiger partial charge in [-0.3, -0.25) is 9.36 Å². The van der Waals surface area contributed by atoms with Crippen molar-refractivity contribution in [3.05, 3.63) is 100 Å². The fourth-order valence-electron chi connectivity index (χ4n) is 3.83. The number of hydrogen-bond acceptors (Lipinski definition) is 3. The SMILES string of the molecule is COc1ccc2[nH]cc(C=Cc3nc4ccccc4c(=O)n3-c3cccc(C)c3)c2c1. The smallest absolute Gasteiger partial charge is 0.266 e. The van der Waals surface area contributed by atoms with Crippen LogP contribution in [-0.4, -0.2) is 21.6 Å². The Bertz CT molecular complexity index is 1510. The Morgan fingerprint density at radius 2 is 1.84 bits per heavy atom. The summed E-state index contributed by atoms with van der Waals surface area (Å²) in [6.07, 6.45) is 5.80. The zero-order chi connectivity index (χ0) is 21.4. The molecule has 0 radical (unpaired) electrons. The Labute approximate surface area is 179 Å². The van der Waals surface area contributed by atoms with Crippen LogP contribution in [0.2, 0.25) is 0 Å². The lowest BCUT2D eigenvalue weighted by Gasteiger charge is -2.12. The first-order chi connectivity index (χ1) is 15.1. The molecule has 0 fully saturated rings. The first-order valence-electron chi connectivity index (χ1n) is 10.1. The first kappa shape index (κ1) is 18.9. The van der Waals surface area contributed by atoms with Crippen LogP contribution in [0, 0.1) is 6.92 Å². The van der Waals surface area contributed by atoms with Gasteiger partial charge in [-0.2, -0.15) is 0 Å². The zero-order valence-corrected chi connectivity index (χ0v) is 17.3. The van der Waals surface area contributed by atoms with Gasteiger partial charge in [0.15, 0.2) is 0 Å². The Balaban J connectivity index is 1.71. The van der Waals surface area contributed by atoms with Crippen LogP contribution in [0.3, 0.4) is 0 Å². The van der Waals surface area contributed by atoms with Crippen molar-refractivity contribution in [3.63, 3.8) is 0 Å². The lowest BCUT2D eigenvalue weighted by molar-refractivity contribution is 0.415. The highest BCUT2D eigenvalue weighted by atomic mass is 16.5. The number of H-pyrrole nitrogens is 1. The summed E-state index contributed by atoms with van der Waals surface area (Å²) in [5, 5.41) is 1.64. The van der Waals surface area contributed by atoms with Gasteiger partial charge < -0.3 is 9.72 Å². The lowest BCUT2D eigenvalue weighted by Crippen LogP contribution is -2.22. The minimum atomic E-state index is -0.0866. The Hall–Kier alpha value is -4.12. The number of para-hydroxylation sites is 1.